The number of carbonyl (C=O) groups is 1. The molecule has 1 aliphatic rings. The van der Waals surface area contributed by atoms with Crippen LogP contribution in [-0.4, -0.2) is 46.0 Å². The lowest BCUT2D eigenvalue weighted by molar-refractivity contribution is -0.137. The number of allylic oxidation sites excluding steroid dienone is 2. The molecular weight excluding hydrogens is 382 g/mol. The third kappa shape index (κ3) is 7.95. The van der Waals surface area contributed by atoms with Crippen molar-refractivity contribution in [2.45, 2.75) is 50.2 Å². The minimum atomic E-state index is -3.21. The Morgan fingerprint density at radius 3 is 2.59 bits per heavy atom. The van der Waals surface area contributed by atoms with Gasteiger partial charge >= 0.3 is 5.97 Å². The predicted molar refractivity (Wildman–Crippen MR) is 105 cm³/mol. The summed E-state index contributed by atoms with van der Waals surface area (Å²) in [6, 6.07) is 8.34. The number of rotatable bonds is 11. The van der Waals surface area contributed by atoms with Crippen LogP contribution in [0.5, 0.6) is 5.75 Å². The van der Waals surface area contributed by atoms with E-state index in [0.29, 0.717) is 25.0 Å². The van der Waals surface area contributed by atoms with Gasteiger partial charge in [0.25, 0.3) is 5.92 Å². The lowest BCUT2D eigenvalue weighted by Gasteiger charge is -2.20. The maximum atomic E-state index is 14.2. The number of alkyl halides is 2. The van der Waals surface area contributed by atoms with Crippen molar-refractivity contribution in [3.63, 3.8) is 0 Å². The summed E-state index contributed by atoms with van der Waals surface area (Å²) in [5, 5.41) is 28.9. The molecule has 1 aromatic rings. The third-order valence-corrected chi connectivity index (χ3v) is 4.99. The first kappa shape index (κ1) is 23.0. The molecule has 7 heteroatoms. The highest BCUT2D eigenvalue weighted by atomic mass is 19.3. The van der Waals surface area contributed by atoms with Gasteiger partial charge in [-0.15, -0.1) is 0 Å². The van der Waals surface area contributed by atoms with E-state index >= 15 is 0 Å². The number of benzene rings is 1. The van der Waals surface area contributed by atoms with Crippen LogP contribution in [0.3, 0.4) is 0 Å². The Bertz CT molecular complexity index is 690. The van der Waals surface area contributed by atoms with E-state index in [-0.39, 0.29) is 18.8 Å². The number of hydrogen-bond acceptors (Lipinski definition) is 4. The molecule has 0 unspecified atom stereocenters. The molecule has 4 atom stereocenters. The van der Waals surface area contributed by atoms with E-state index in [4.69, 9.17) is 9.84 Å². The minimum Gasteiger partial charge on any atom is -0.487 e. The van der Waals surface area contributed by atoms with Gasteiger partial charge in [0, 0.05) is 18.8 Å². The highest BCUT2D eigenvalue weighted by Gasteiger charge is 2.40. The van der Waals surface area contributed by atoms with Crippen molar-refractivity contribution < 1.29 is 33.6 Å². The van der Waals surface area contributed by atoms with Crippen LogP contribution in [0, 0.1) is 11.8 Å². The summed E-state index contributed by atoms with van der Waals surface area (Å²) in [7, 11) is 0. The van der Waals surface area contributed by atoms with Crippen molar-refractivity contribution in [2.24, 2.45) is 11.8 Å². The number of para-hydroxylation sites is 1. The zero-order valence-electron chi connectivity index (χ0n) is 16.2. The number of aliphatic hydroxyl groups is 2. The highest BCUT2D eigenvalue weighted by Crippen LogP contribution is 2.37. The Labute approximate surface area is 169 Å². The summed E-state index contributed by atoms with van der Waals surface area (Å²) in [6.07, 6.45) is 5.73. The van der Waals surface area contributed by atoms with Gasteiger partial charge in [-0.25, -0.2) is 0 Å². The molecule has 0 radical (unpaired) electrons. The van der Waals surface area contributed by atoms with E-state index in [9.17, 15) is 23.8 Å². The Morgan fingerprint density at radius 1 is 1.17 bits per heavy atom. The molecule has 1 saturated carbocycles. The van der Waals surface area contributed by atoms with Crippen molar-refractivity contribution in [1.82, 2.24) is 0 Å². The molecule has 0 aromatic heterocycles. The molecule has 3 N–H and O–H groups in total. The van der Waals surface area contributed by atoms with Crippen LogP contribution < -0.4 is 4.74 Å². The second-order valence-corrected chi connectivity index (χ2v) is 7.33. The average molecular weight is 410 g/mol. The molecule has 0 amide bonds. The molecule has 0 bridgehead atoms. The number of carboxylic acids is 1. The summed E-state index contributed by atoms with van der Waals surface area (Å²) in [6.45, 7) is -0.812. The standard InChI is InChI=1S/C22H28F2O5/c23-22(24,15-29-16-8-4-3-5-9-16)13-12-18-17(19(25)14-20(18)26)10-6-1-2-7-11-21(27)28/h1,3-6,8-9,12-13,17-20,25-26H,2,7,10-11,14-15H2,(H,27,28)/b6-1-,13-12+/t17-,18+,19+,20-/m1/s1. The Morgan fingerprint density at radius 2 is 1.90 bits per heavy atom. The van der Waals surface area contributed by atoms with Gasteiger partial charge in [-0.3, -0.25) is 4.79 Å². The Kier molecular flexibility index (Phi) is 8.79. The maximum absolute atomic E-state index is 14.2. The van der Waals surface area contributed by atoms with E-state index in [0.717, 1.165) is 6.08 Å². The molecule has 2 rings (SSSR count). The zero-order valence-corrected chi connectivity index (χ0v) is 16.2. The van der Waals surface area contributed by atoms with Crippen molar-refractivity contribution in [1.29, 1.82) is 0 Å². The first-order valence-corrected chi connectivity index (χ1v) is 9.76. The fourth-order valence-electron chi connectivity index (χ4n) is 3.45. The van der Waals surface area contributed by atoms with Gasteiger partial charge in [0.05, 0.1) is 12.2 Å². The van der Waals surface area contributed by atoms with E-state index < -0.39 is 36.6 Å². The van der Waals surface area contributed by atoms with Crippen LogP contribution in [0.4, 0.5) is 8.78 Å². The molecule has 160 valence electrons. The fourth-order valence-corrected chi connectivity index (χ4v) is 3.45. The Hall–Kier alpha value is -2.25. The van der Waals surface area contributed by atoms with Gasteiger partial charge in [-0.1, -0.05) is 36.4 Å². The number of unbranched alkanes of at least 4 members (excludes halogenated alkanes) is 1. The monoisotopic (exact) mass is 410 g/mol. The zero-order chi connectivity index (χ0) is 21.3. The van der Waals surface area contributed by atoms with E-state index in [1.807, 2.05) is 12.2 Å². The smallest absolute Gasteiger partial charge is 0.303 e. The molecule has 0 spiro atoms. The van der Waals surface area contributed by atoms with Crippen molar-refractivity contribution in [2.75, 3.05) is 6.61 Å². The Balaban J connectivity index is 1.89. The van der Waals surface area contributed by atoms with Crippen LogP contribution in [0.2, 0.25) is 0 Å². The number of carboxylic acid groups (broad SMARTS) is 1. The average Bonchev–Trinajstić information content (AvgIpc) is 2.94. The topological polar surface area (TPSA) is 87.0 Å². The number of hydrogen-bond donors (Lipinski definition) is 3. The quantitative estimate of drug-likeness (QED) is 0.381. The SMILES string of the molecule is O=C(O)CCC/C=C\C[C@@H]1[C@H](/C=C/C(F)(F)COc2ccccc2)[C@H](O)C[C@@H]1O. The first-order valence-electron chi connectivity index (χ1n) is 9.76. The summed E-state index contributed by atoms with van der Waals surface area (Å²) in [4.78, 5) is 10.5. The second kappa shape index (κ2) is 11.1. The molecule has 0 aliphatic heterocycles. The first-order chi connectivity index (χ1) is 13.8. The van der Waals surface area contributed by atoms with Gasteiger partial charge in [0.2, 0.25) is 0 Å². The second-order valence-electron chi connectivity index (χ2n) is 7.33. The van der Waals surface area contributed by atoms with Crippen LogP contribution in [0.25, 0.3) is 0 Å². The maximum Gasteiger partial charge on any atom is 0.303 e. The molecule has 1 aromatic carbocycles. The van der Waals surface area contributed by atoms with Crippen molar-refractivity contribution in [3.8, 4) is 5.75 Å². The normalized spacial score (nSPS) is 25.1. The van der Waals surface area contributed by atoms with Gasteiger partial charge in [-0.05, 0) is 43.4 Å². The molecule has 0 saturated heterocycles. The van der Waals surface area contributed by atoms with Crippen LogP contribution >= 0.6 is 0 Å². The molecular formula is C22H28F2O5. The predicted octanol–water partition coefficient (Wildman–Crippen LogP) is 3.82. The molecule has 5 nitrogen and oxygen atoms in total. The number of aliphatic hydroxyl groups excluding tert-OH is 2. The van der Waals surface area contributed by atoms with Gasteiger partial charge < -0.3 is 20.1 Å². The lowest BCUT2D eigenvalue weighted by Crippen LogP contribution is -2.25. The van der Waals surface area contributed by atoms with Crippen molar-refractivity contribution >= 4 is 5.97 Å². The highest BCUT2D eigenvalue weighted by molar-refractivity contribution is 5.66. The summed E-state index contributed by atoms with van der Waals surface area (Å²) in [5.41, 5.74) is 0. The molecule has 0 heterocycles. The molecule has 1 fully saturated rings. The van der Waals surface area contributed by atoms with Crippen molar-refractivity contribution in [3.05, 3.63) is 54.6 Å². The number of ether oxygens (including phenoxy) is 1. The third-order valence-electron chi connectivity index (χ3n) is 4.99. The van der Waals surface area contributed by atoms with Gasteiger partial charge in [-0.2, -0.15) is 8.78 Å². The van der Waals surface area contributed by atoms with E-state index in [1.165, 1.54) is 6.08 Å². The summed E-state index contributed by atoms with van der Waals surface area (Å²) >= 11 is 0. The number of halogens is 2. The van der Waals surface area contributed by atoms with Crippen LogP contribution in [0.15, 0.2) is 54.6 Å². The van der Waals surface area contributed by atoms with E-state index in [2.05, 4.69) is 0 Å². The fraction of sp³-hybridized carbons (Fsp3) is 0.500. The largest absolute Gasteiger partial charge is 0.487 e. The lowest BCUT2D eigenvalue weighted by atomic mass is 9.89. The van der Waals surface area contributed by atoms with Crippen LogP contribution in [-0.2, 0) is 4.79 Å². The van der Waals surface area contributed by atoms with E-state index in [1.54, 1.807) is 30.3 Å². The summed E-state index contributed by atoms with van der Waals surface area (Å²) in [5.74, 6) is -4.67. The van der Waals surface area contributed by atoms with Gasteiger partial charge in [0.1, 0.15) is 5.75 Å². The molecule has 1 aliphatic carbocycles. The number of aliphatic carboxylic acids is 1. The summed E-state index contributed by atoms with van der Waals surface area (Å²) < 4.78 is 33.4. The molecule has 29 heavy (non-hydrogen) atoms. The minimum absolute atomic E-state index is 0.0839. The van der Waals surface area contributed by atoms with Crippen LogP contribution in [0.1, 0.15) is 32.1 Å². The van der Waals surface area contributed by atoms with Gasteiger partial charge in [0.15, 0.2) is 6.61 Å².